The monoisotopic (exact) mass is 415 g/mol. The van der Waals surface area contributed by atoms with Crippen LogP contribution in [0.2, 0.25) is 0 Å². The van der Waals surface area contributed by atoms with Crippen LogP contribution >= 0.6 is 0 Å². The fourth-order valence-corrected chi connectivity index (χ4v) is 4.02. The Morgan fingerprint density at radius 3 is 2.47 bits per heavy atom. The molecule has 1 aliphatic heterocycles. The molecule has 1 saturated heterocycles. The van der Waals surface area contributed by atoms with E-state index in [0.717, 1.165) is 70.4 Å². The van der Waals surface area contributed by atoms with Crippen LogP contribution in [0, 0.1) is 5.92 Å². The lowest BCUT2D eigenvalue weighted by Gasteiger charge is -2.38. The van der Waals surface area contributed by atoms with Gasteiger partial charge in [-0.2, -0.15) is 0 Å². The normalized spacial score (nSPS) is 18.1. The molecule has 1 heterocycles. The summed E-state index contributed by atoms with van der Waals surface area (Å²) in [4.78, 5) is 23.4. The van der Waals surface area contributed by atoms with Crippen molar-refractivity contribution >= 4 is 11.9 Å². The molecule has 0 bridgehead atoms. The molecular weight excluding hydrogens is 378 g/mol. The molecule has 7 heteroatoms. The van der Waals surface area contributed by atoms with E-state index in [4.69, 9.17) is 4.74 Å². The Bertz CT molecular complexity index is 694. The lowest BCUT2D eigenvalue weighted by Crippen LogP contribution is -2.52. The SMILES string of the molecule is CCOc1ccc(CN(C)C(=NC)NCCN2CCN(C(=O)C3CCC3)CC2)cc1. The molecule has 0 unspecified atom stereocenters. The molecule has 2 fully saturated rings. The van der Waals surface area contributed by atoms with Gasteiger partial charge < -0.3 is 19.9 Å². The average molecular weight is 416 g/mol. The van der Waals surface area contributed by atoms with Crippen molar-refractivity contribution in [2.24, 2.45) is 10.9 Å². The number of piperazine rings is 1. The highest BCUT2D eigenvalue weighted by Gasteiger charge is 2.31. The van der Waals surface area contributed by atoms with Gasteiger partial charge in [-0.25, -0.2) is 0 Å². The summed E-state index contributed by atoms with van der Waals surface area (Å²) >= 11 is 0. The maximum Gasteiger partial charge on any atom is 0.225 e. The van der Waals surface area contributed by atoms with Crippen LogP contribution in [0.1, 0.15) is 31.7 Å². The van der Waals surface area contributed by atoms with Crippen molar-refractivity contribution in [1.82, 2.24) is 20.0 Å². The maximum absolute atomic E-state index is 12.4. The van der Waals surface area contributed by atoms with Gasteiger partial charge in [-0.05, 0) is 37.5 Å². The van der Waals surface area contributed by atoms with Crippen LogP contribution in [0.15, 0.2) is 29.3 Å². The number of benzene rings is 1. The van der Waals surface area contributed by atoms with Crippen molar-refractivity contribution in [2.75, 3.05) is 60.0 Å². The van der Waals surface area contributed by atoms with Gasteiger partial charge in [0.2, 0.25) is 5.91 Å². The molecule has 2 aliphatic rings. The second-order valence-corrected chi connectivity index (χ2v) is 8.20. The zero-order chi connectivity index (χ0) is 21.3. The Morgan fingerprint density at radius 1 is 1.20 bits per heavy atom. The van der Waals surface area contributed by atoms with Crippen LogP contribution in [0.25, 0.3) is 0 Å². The molecule has 1 saturated carbocycles. The summed E-state index contributed by atoms with van der Waals surface area (Å²) in [6, 6.07) is 8.22. The second-order valence-electron chi connectivity index (χ2n) is 8.20. The molecule has 1 N–H and O–H groups in total. The van der Waals surface area contributed by atoms with Gasteiger partial charge in [-0.15, -0.1) is 0 Å². The van der Waals surface area contributed by atoms with E-state index in [1.54, 1.807) is 0 Å². The van der Waals surface area contributed by atoms with Crippen LogP contribution in [0.5, 0.6) is 5.75 Å². The fourth-order valence-electron chi connectivity index (χ4n) is 4.02. The molecule has 1 aromatic rings. The van der Waals surface area contributed by atoms with Gasteiger partial charge in [0.05, 0.1) is 6.61 Å². The van der Waals surface area contributed by atoms with Crippen molar-refractivity contribution < 1.29 is 9.53 Å². The number of amides is 1. The van der Waals surface area contributed by atoms with Crippen molar-refractivity contribution in [3.05, 3.63) is 29.8 Å². The van der Waals surface area contributed by atoms with Crippen molar-refractivity contribution in [2.45, 2.75) is 32.7 Å². The lowest BCUT2D eigenvalue weighted by atomic mass is 9.84. The molecule has 7 nitrogen and oxygen atoms in total. The highest BCUT2D eigenvalue weighted by Crippen LogP contribution is 2.28. The van der Waals surface area contributed by atoms with Crippen LogP contribution in [0.3, 0.4) is 0 Å². The van der Waals surface area contributed by atoms with Gasteiger partial charge in [0.25, 0.3) is 0 Å². The highest BCUT2D eigenvalue weighted by atomic mass is 16.5. The van der Waals surface area contributed by atoms with E-state index < -0.39 is 0 Å². The Hall–Kier alpha value is -2.28. The minimum Gasteiger partial charge on any atom is -0.494 e. The number of hydrogen-bond acceptors (Lipinski definition) is 4. The van der Waals surface area contributed by atoms with E-state index in [-0.39, 0.29) is 0 Å². The first-order valence-electron chi connectivity index (χ1n) is 11.3. The molecule has 1 aliphatic carbocycles. The molecule has 0 aromatic heterocycles. The molecule has 0 atom stereocenters. The number of nitrogens with one attached hydrogen (secondary N) is 1. The Morgan fingerprint density at radius 2 is 1.90 bits per heavy atom. The van der Waals surface area contributed by atoms with Crippen LogP contribution in [-0.4, -0.2) is 86.5 Å². The average Bonchev–Trinajstić information content (AvgIpc) is 2.72. The summed E-state index contributed by atoms with van der Waals surface area (Å²) < 4.78 is 5.51. The Labute approximate surface area is 181 Å². The Balaban J connectivity index is 1.36. The third-order valence-corrected chi connectivity index (χ3v) is 6.08. The number of ether oxygens (including phenoxy) is 1. The molecule has 30 heavy (non-hydrogen) atoms. The van der Waals surface area contributed by atoms with E-state index in [1.807, 2.05) is 26.1 Å². The molecule has 3 rings (SSSR count). The van der Waals surface area contributed by atoms with Crippen molar-refractivity contribution in [3.63, 3.8) is 0 Å². The molecule has 0 spiro atoms. The summed E-state index contributed by atoms with van der Waals surface area (Å²) in [6.45, 7) is 8.91. The molecule has 1 aromatic carbocycles. The second kappa shape index (κ2) is 11.2. The number of carbonyl (C=O) groups is 1. The van der Waals surface area contributed by atoms with E-state index in [1.165, 1.54) is 12.0 Å². The first-order valence-corrected chi connectivity index (χ1v) is 11.3. The van der Waals surface area contributed by atoms with Crippen molar-refractivity contribution in [1.29, 1.82) is 0 Å². The zero-order valence-electron chi connectivity index (χ0n) is 18.8. The van der Waals surface area contributed by atoms with Crippen LogP contribution < -0.4 is 10.1 Å². The van der Waals surface area contributed by atoms with Gasteiger partial charge >= 0.3 is 0 Å². The van der Waals surface area contributed by atoms with E-state index >= 15 is 0 Å². The van der Waals surface area contributed by atoms with E-state index in [9.17, 15) is 4.79 Å². The summed E-state index contributed by atoms with van der Waals surface area (Å²) in [6.07, 6.45) is 3.40. The predicted molar refractivity (Wildman–Crippen MR) is 121 cm³/mol. The Kier molecular flexibility index (Phi) is 8.37. The topological polar surface area (TPSA) is 60.4 Å². The summed E-state index contributed by atoms with van der Waals surface area (Å²) in [5.74, 6) is 2.49. The predicted octanol–water partition coefficient (Wildman–Crippen LogP) is 2.04. The van der Waals surface area contributed by atoms with E-state index in [0.29, 0.717) is 18.4 Å². The summed E-state index contributed by atoms with van der Waals surface area (Å²) in [5, 5.41) is 3.47. The zero-order valence-corrected chi connectivity index (χ0v) is 18.8. The number of hydrogen-bond donors (Lipinski definition) is 1. The van der Waals surface area contributed by atoms with Crippen LogP contribution in [-0.2, 0) is 11.3 Å². The molecule has 0 radical (unpaired) electrons. The third kappa shape index (κ3) is 6.11. The van der Waals surface area contributed by atoms with Gasteiger partial charge in [-0.1, -0.05) is 18.6 Å². The first kappa shape index (κ1) is 22.4. The third-order valence-electron chi connectivity index (χ3n) is 6.08. The number of carbonyl (C=O) groups excluding carboxylic acids is 1. The summed E-state index contributed by atoms with van der Waals surface area (Å²) in [5.41, 5.74) is 1.22. The summed E-state index contributed by atoms with van der Waals surface area (Å²) in [7, 11) is 3.87. The number of nitrogens with zero attached hydrogens (tertiary/aromatic N) is 4. The standard InChI is InChI=1S/C23H37N5O2/c1-4-30-21-10-8-19(9-11-21)18-26(3)23(24-2)25-12-13-27-14-16-28(17-15-27)22(29)20-6-5-7-20/h8-11,20H,4-7,12-18H2,1-3H3,(H,24,25). The minimum absolute atomic E-state index is 0.312. The van der Waals surface area contributed by atoms with Gasteiger partial charge in [0.15, 0.2) is 5.96 Å². The van der Waals surface area contributed by atoms with Gasteiger partial charge in [-0.3, -0.25) is 14.7 Å². The van der Waals surface area contributed by atoms with Gasteiger partial charge in [0, 0.05) is 65.8 Å². The van der Waals surface area contributed by atoms with Crippen molar-refractivity contribution in [3.8, 4) is 5.75 Å². The number of guanidine groups is 1. The number of aliphatic imine (C=N–C) groups is 1. The first-order chi connectivity index (χ1) is 14.6. The highest BCUT2D eigenvalue weighted by molar-refractivity contribution is 5.80. The quantitative estimate of drug-likeness (QED) is 0.520. The largest absolute Gasteiger partial charge is 0.494 e. The van der Waals surface area contributed by atoms with Crippen LogP contribution in [0.4, 0.5) is 0 Å². The molecule has 1 amide bonds. The molecule has 166 valence electrons. The number of rotatable bonds is 8. The minimum atomic E-state index is 0.312. The van der Waals surface area contributed by atoms with Gasteiger partial charge in [0.1, 0.15) is 5.75 Å². The maximum atomic E-state index is 12.4. The van der Waals surface area contributed by atoms with E-state index in [2.05, 4.69) is 44.2 Å². The molecular formula is C23H37N5O2. The lowest BCUT2D eigenvalue weighted by molar-refractivity contribution is -0.139. The smallest absolute Gasteiger partial charge is 0.225 e. The fraction of sp³-hybridized carbons (Fsp3) is 0.652.